The summed E-state index contributed by atoms with van der Waals surface area (Å²) in [5.41, 5.74) is 1.85. The number of carbonyl (C=O) groups excluding carboxylic acids is 1. The quantitative estimate of drug-likeness (QED) is 0.539. The molecule has 0 spiro atoms. The largest absolute Gasteiger partial charge is 0.438 e. The fraction of sp³-hybridized carbons (Fsp3) is 0.0435. The second-order valence-electron chi connectivity index (χ2n) is 6.20. The zero-order valence-electron chi connectivity index (χ0n) is 15.5. The van der Waals surface area contributed by atoms with Gasteiger partial charge in [0.1, 0.15) is 11.3 Å². The molecule has 0 unspecified atom stereocenters. The van der Waals surface area contributed by atoms with Crippen LogP contribution in [0.3, 0.4) is 0 Å². The third-order valence-corrected chi connectivity index (χ3v) is 4.14. The van der Waals surface area contributed by atoms with Gasteiger partial charge >= 0.3 is 0 Å². The number of amides is 1. The van der Waals surface area contributed by atoms with Crippen LogP contribution in [0.25, 0.3) is 11.4 Å². The van der Waals surface area contributed by atoms with Gasteiger partial charge in [-0.05, 0) is 24.3 Å². The van der Waals surface area contributed by atoms with Crippen LogP contribution in [0.5, 0.6) is 11.6 Å². The van der Waals surface area contributed by atoms with Gasteiger partial charge in [0.15, 0.2) is 5.82 Å². The summed E-state index contributed by atoms with van der Waals surface area (Å²) in [6, 6.07) is 24.3. The molecule has 142 valence electrons. The van der Waals surface area contributed by atoms with Crippen molar-refractivity contribution in [2.75, 3.05) is 0 Å². The maximum absolute atomic E-state index is 12.8. The van der Waals surface area contributed by atoms with Crippen molar-refractivity contribution in [1.29, 1.82) is 0 Å². The molecule has 1 N–H and O–H groups in total. The van der Waals surface area contributed by atoms with E-state index in [1.54, 1.807) is 18.3 Å². The number of hydrogen-bond acceptors (Lipinski definition) is 5. The van der Waals surface area contributed by atoms with Crippen LogP contribution in [-0.2, 0) is 6.54 Å². The molecule has 29 heavy (non-hydrogen) atoms. The SMILES string of the molecule is O=C(NCc1ccccn1)c1cnc(-c2ccccc2)nc1Oc1ccccc1. The molecule has 1 amide bonds. The molecule has 6 heteroatoms. The van der Waals surface area contributed by atoms with Crippen molar-refractivity contribution in [3.05, 3.63) is 103 Å². The van der Waals surface area contributed by atoms with E-state index in [2.05, 4.69) is 20.3 Å². The fourth-order valence-electron chi connectivity index (χ4n) is 2.69. The molecule has 0 fully saturated rings. The number of para-hydroxylation sites is 1. The summed E-state index contributed by atoms with van der Waals surface area (Å²) in [6.07, 6.45) is 3.17. The third kappa shape index (κ3) is 4.62. The molecule has 0 bridgehead atoms. The van der Waals surface area contributed by atoms with Gasteiger partial charge in [-0.2, -0.15) is 4.98 Å². The summed E-state index contributed by atoms with van der Waals surface area (Å²) in [5.74, 6) is 0.937. The van der Waals surface area contributed by atoms with Crippen molar-refractivity contribution < 1.29 is 9.53 Å². The van der Waals surface area contributed by atoms with Crippen LogP contribution in [0.2, 0.25) is 0 Å². The Morgan fingerprint density at radius 1 is 0.862 bits per heavy atom. The monoisotopic (exact) mass is 382 g/mol. The van der Waals surface area contributed by atoms with E-state index in [1.165, 1.54) is 6.20 Å². The first-order valence-electron chi connectivity index (χ1n) is 9.13. The maximum Gasteiger partial charge on any atom is 0.258 e. The highest BCUT2D eigenvalue weighted by molar-refractivity contribution is 5.96. The molecule has 2 heterocycles. The van der Waals surface area contributed by atoms with Crippen LogP contribution >= 0.6 is 0 Å². The van der Waals surface area contributed by atoms with Gasteiger partial charge in [0.05, 0.1) is 12.2 Å². The van der Waals surface area contributed by atoms with Gasteiger partial charge in [-0.25, -0.2) is 4.98 Å². The number of ether oxygens (including phenoxy) is 1. The summed E-state index contributed by atoms with van der Waals surface area (Å²) in [5, 5.41) is 2.84. The van der Waals surface area contributed by atoms with Crippen molar-refractivity contribution in [1.82, 2.24) is 20.3 Å². The standard InChI is InChI=1S/C23H18N4O2/c28-22(26-15-18-11-7-8-14-24-18)20-16-25-21(17-9-3-1-4-10-17)27-23(20)29-19-12-5-2-6-13-19/h1-14,16H,15H2,(H,26,28). The molecular weight excluding hydrogens is 364 g/mol. The molecule has 6 nitrogen and oxygen atoms in total. The first-order valence-corrected chi connectivity index (χ1v) is 9.13. The van der Waals surface area contributed by atoms with E-state index in [1.807, 2.05) is 66.7 Å². The lowest BCUT2D eigenvalue weighted by atomic mass is 10.2. The molecule has 2 aromatic carbocycles. The van der Waals surface area contributed by atoms with E-state index in [0.29, 0.717) is 18.1 Å². The van der Waals surface area contributed by atoms with Crippen LogP contribution in [-0.4, -0.2) is 20.9 Å². The first-order chi connectivity index (χ1) is 14.3. The van der Waals surface area contributed by atoms with E-state index < -0.39 is 0 Å². The molecule has 4 rings (SSSR count). The zero-order chi connectivity index (χ0) is 19.9. The molecule has 4 aromatic rings. The van der Waals surface area contributed by atoms with Gasteiger partial charge < -0.3 is 10.1 Å². The van der Waals surface area contributed by atoms with Crippen LogP contribution in [0.4, 0.5) is 0 Å². The lowest BCUT2D eigenvalue weighted by Gasteiger charge is -2.12. The van der Waals surface area contributed by atoms with Gasteiger partial charge in [-0.15, -0.1) is 0 Å². The molecule has 0 aliphatic rings. The average molecular weight is 382 g/mol. The minimum atomic E-state index is -0.332. The summed E-state index contributed by atoms with van der Waals surface area (Å²) in [4.78, 5) is 25.9. The first kappa shape index (κ1) is 18.3. The predicted molar refractivity (Wildman–Crippen MR) is 109 cm³/mol. The Hall–Kier alpha value is -4.06. The number of aromatic nitrogens is 3. The Labute approximate surface area is 168 Å². The van der Waals surface area contributed by atoms with Crippen LogP contribution in [0, 0.1) is 0 Å². The van der Waals surface area contributed by atoms with E-state index in [0.717, 1.165) is 11.3 Å². The van der Waals surface area contributed by atoms with Crippen LogP contribution in [0.15, 0.2) is 91.3 Å². The van der Waals surface area contributed by atoms with E-state index in [9.17, 15) is 4.79 Å². The normalized spacial score (nSPS) is 10.3. The van der Waals surface area contributed by atoms with E-state index >= 15 is 0 Å². The summed E-state index contributed by atoms with van der Waals surface area (Å²) in [6.45, 7) is 0.297. The highest BCUT2D eigenvalue weighted by atomic mass is 16.5. The molecular formula is C23H18N4O2. The maximum atomic E-state index is 12.8. The van der Waals surface area contributed by atoms with Gasteiger partial charge in [-0.1, -0.05) is 54.6 Å². The Morgan fingerprint density at radius 3 is 2.31 bits per heavy atom. The molecule has 2 aromatic heterocycles. The highest BCUT2D eigenvalue weighted by Crippen LogP contribution is 2.25. The van der Waals surface area contributed by atoms with E-state index in [4.69, 9.17) is 4.74 Å². The summed E-state index contributed by atoms with van der Waals surface area (Å²) >= 11 is 0. The predicted octanol–water partition coefficient (Wildman–Crippen LogP) is 4.26. The van der Waals surface area contributed by atoms with Crippen molar-refractivity contribution in [2.45, 2.75) is 6.54 Å². The lowest BCUT2D eigenvalue weighted by Crippen LogP contribution is -2.24. The molecule has 0 aliphatic carbocycles. The molecule has 0 aliphatic heterocycles. The zero-order valence-corrected chi connectivity index (χ0v) is 15.5. The Kier molecular flexibility index (Phi) is 5.53. The smallest absolute Gasteiger partial charge is 0.258 e. The van der Waals surface area contributed by atoms with Crippen molar-refractivity contribution in [3.63, 3.8) is 0 Å². The molecule has 0 radical (unpaired) electrons. The highest BCUT2D eigenvalue weighted by Gasteiger charge is 2.17. The Bertz CT molecular complexity index is 1090. The fourth-order valence-corrected chi connectivity index (χ4v) is 2.69. The Morgan fingerprint density at radius 2 is 1.59 bits per heavy atom. The number of rotatable bonds is 6. The van der Waals surface area contributed by atoms with Crippen molar-refractivity contribution >= 4 is 5.91 Å². The Balaban J connectivity index is 1.63. The molecule has 0 saturated carbocycles. The van der Waals surface area contributed by atoms with Crippen molar-refractivity contribution in [3.8, 4) is 23.0 Å². The number of benzene rings is 2. The van der Waals surface area contributed by atoms with Crippen LogP contribution < -0.4 is 10.1 Å². The number of pyridine rings is 1. The van der Waals surface area contributed by atoms with Gasteiger partial charge in [0.25, 0.3) is 5.91 Å². The number of nitrogens with zero attached hydrogens (tertiary/aromatic N) is 3. The summed E-state index contributed by atoms with van der Waals surface area (Å²) < 4.78 is 5.92. The molecule has 0 atom stereocenters. The minimum Gasteiger partial charge on any atom is -0.438 e. The molecule has 0 saturated heterocycles. The lowest BCUT2D eigenvalue weighted by molar-refractivity contribution is 0.0947. The average Bonchev–Trinajstić information content (AvgIpc) is 2.79. The second kappa shape index (κ2) is 8.75. The topological polar surface area (TPSA) is 77.0 Å². The third-order valence-electron chi connectivity index (χ3n) is 4.14. The van der Waals surface area contributed by atoms with Gasteiger partial charge in [0, 0.05) is 18.0 Å². The number of carbonyl (C=O) groups is 1. The van der Waals surface area contributed by atoms with Crippen molar-refractivity contribution in [2.24, 2.45) is 0 Å². The van der Waals surface area contributed by atoms with E-state index in [-0.39, 0.29) is 17.4 Å². The van der Waals surface area contributed by atoms with Crippen LogP contribution in [0.1, 0.15) is 16.1 Å². The second-order valence-corrected chi connectivity index (χ2v) is 6.20. The number of nitrogens with one attached hydrogen (secondary N) is 1. The number of hydrogen-bond donors (Lipinski definition) is 1. The van der Waals surface area contributed by atoms with Gasteiger partial charge in [-0.3, -0.25) is 9.78 Å². The summed E-state index contributed by atoms with van der Waals surface area (Å²) in [7, 11) is 0. The minimum absolute atomic E-state index is 0.198. The van der Waals surface area contributed by atoms with Gasteiger partial charge in [0.2, 0.25) is 5.88 Å².